The van der Waals surface area contributed by atoms with E-state index in [0.717, 1.165) is 30.9 Å². The molecule has 3 heteroatoms. The van der Waals surface area contributed by atoms with Gasteiger partial charge < -0.3 is 4.74 Å². The molecule has 2 aliphatic carbocycles. The van der Waals surface area contributed by atoms with Crippen molar-refractivity contribution in [2.24, 2.45) is 22.7 Å². The third-order valence-corrected chi connectivity index (χ3v) is 8.54. The van der Waals surface area contributed by atoms with Crippen molar-refractivity contribution in [3.05, 3.63) is 54.1 Å². The molecule has 1 amide bonds. The molecule has 3 nitrogen and oxygen atoms in total. The maximum atomic E-state index is 12.1. The lowest BCUT2D eigenvalue weighted by Gasteiger charge is -2.58. The van der Waals surface area contributed by atoms with Gasteiger partial charge in [0.1, 0.15) is 6.10 Å². The van der Waals surface area contributed by atoms with Crippen LogP contribution in [-0.2, 0) is 4.74 Å². The number of carbonyl (C=O) groups is 1. The number of rotatable bonds is 8. The molecule has 0 bridgehead atoms. The average Bonchev–Trinajstić information content (AvgIpc) is 2.73. The summed E-state index contributed by atoms with van der Waals surface area (Å²) in [6.45, 7) is 16.3. The second-order valence-electron chi connectivity index (χ2n) is 11.5. The van der Waals surface area contributed by atoms with Gasteiger partial charge in [0.15, 0.2) is 0 Å². The lowest BCUT2D eigenvalue weighted by atomic mass is 9.47. The summed E-state index contributed by atoms with van der Waals surface area (Å²) in [5, 5.41) is 2.78. The van der Waals surface area contributed by atoms with Crippen LogP contribution >= 0.6 is 0 Å². The standard InChI is InChI=1S/C30H45NO2/c1-22(12-10-13-24(3)33-28(32)31-25-14-8-7-9-15-25)16-18-26-23(2)17-19-27-29(4,5)20-11-21-30(26,27)6/h7-9,12,14-15,24,26-27H,2,10-11,13,16-21H2,1,3-6H3,(H,31,32)/b22-12-. The number of nitrogens with one attached hydrogen (secondary N) is 1. The van der Waals surface area contributed by atoms with E-state index in [9.17, 15) is 4.79 Å². The number of ether oxygens (including phenoxy) is 1. The Labute approximate surface area is 202 Å². The Morgan fingerprint density at radius 3 is 2.70 bits per heavy atom. The van der Waals surface area contributed by atoms with E-state index in [1.807, 2.05) is 37.3 Å². The van der Waals surface area contributed by atoms with E-state index >= 15 is 0 Å². The monoisotopic (exact) mass is 451 g/mol. The first kappa shape index (κ1) is 25.6. The quantitative estimate of drug-likeness (QED) is 0.401. The van der Waals surface area contributed by atoms with E-state index in [1.165, 1.54) is 49.7 Å². The van der Waals surface area contributed by atoms with Gasteiger partial charge in [0.05, 0.1) is 0 Å². The first-order valence-corrected chi connectivity index (χ1v) is 13.0. The summed E-state index contributed by atoms with van der Waals surface area (Å²) in [6.07, 6.45) is 12.6. The second kappa shape index (κ2) is 10.9. The molecule has 33 heavy (non-hydrogen) atoms. The zero-order valence-electron chi connectivity index (χ0n) is 21.6. The van der Waals surface area contributed by atoms with Gasteiger partial charge in [-0.25, -0.2) is 4.79 Å². The molecular weight excluding hydrogens is 406 g/mol. The minimum Gasteiger partial charge on any atom is -0.446 e. The predicted octanol–water partition coefficient (Wildman–Crippen LogP) is 8.93. The number of amides is 1. The molecule has 1 N–H and O–H groups in total. The Morgan fingerprint density at radius 2 is 1.97 bits per heavy atom. The van der Waals surface area contributed by atoms with Crippen LogP contribution in [0.25, 0.3) is 0 Å². The van der Waals surface area contributed by atoms with Gasteiger partial charge in [-0.2, -0.15) is 0 Å². The fourth-order valence-electron chi connectivity index (χ4n) is 6.76. The van der Waals surface area contributed by atoms with Gasteiger partial charge in [0.25, 0.3) is 0 Å². The Hall–Kier alpha value is -2.03. The van der Waals surface area contributed by atoms with Crippen molar-refractivity contribution < 1.29 is 9.53 Å². The van der Waals surface area contributed by atoms with Gasteiger partial charge in [-0.05, 0) is 100 Å². The van der Waals surface area contributed by atoms with Crippen LogP contribution in [0.1, 0.15) is 92.4 Å². The normalized spacial score (nSPS) is 28.0. The Kier molecular flexibility index (Phi) is 8.48. The summed E-state index contributed by atoms with van der Waals surface area (Å²) in [4.78, 5) is 12.1. The summed E-state index contributed by atoms with van der Waals surface area (Å²) in [5.74, 6) is 1.46. The molecule has 182 valence electrons. The highest BCUT2D eigenvalue weighted by Crippen LogP contribution is 2.61. The molecule has 4 atom stereocenters. The van der Waals surface area contributed by atoms with E-state index in [4.69, 9.17) is 4.74 Å². The zero-order valence-corrected chi connectivity index (χ0v) is 21.6. The molecule has 2 fully saturated rings. The third-order valence-electron chi connectivity index (χ3n) is 8.54. The molecule has 0 aliphatic heterocycles. The Balaban J connectivity index is 1.45. The molecule has 2 aliphatic rings. The lowest BCUT2D eigenvalue weighted by Crippen LogP contribution is -2.49. The van der Waals surface area contributed by atoms with Gasteiger partial charge in [-0.1, -0.05) is 69.2 Å². The van der Waals surface area contributed by atoms with E-state index in [1.54, 1.807) is 0 Å². The molecule has 1 aromatic carbocycles. The Bertz CT molecular complexity index is 840. The van der Waals surface area contributed by atoms with Crippen LogP contribution in [0.4, 0.5) is 10.5 Å². The van der Waals surface area contributed by atoms with Gasteiger partial charge in [-0.15, -0.1) is 0 Å². The molecule has 4 unspecified atom stereocenters. The molecular formula is C30H45NO2. The minimum atomic E-state index is -0.386. The first-order chi connectivity index (χ1) is 15.6. The molecule has 0 saturated heterocycles. The van der Waals surface area contributed by atoms with Crippen molar-refractivity contribution in [3.63, 3.8) is 0 Å². The number of benzene rings is 1. The maximum absolute atomic E-state index is 12.1. The molecule has 3 rings (SSSR count). The van der Waals surface area contributed by atoms with Crippen LogP contribution in [0.15, 0.2) is 54.1 Å². The van der Waals surface area contributed by atoms with Gasteiger partial charge in [-0.3, -0.25) is 5.32 Å². The summed E-state index contributed by atoms with van der Waals surface area (Å²) in [5.41, 5.74) is 4.56. The summed E-state index contributed by atoms with van der Waals surface area (Å²) in [7, 11) is 0. The number of anilines is 1. The zero-order chi connectivity index (χ0) is 24.1. The summed E-state index contributed by atoms with van der Waals surface area (Å²) in [6, 6.07) is 9.42. The predicted molar refractivity (Wildman–Crippen MR) is 139 cm³/mol. The van der Waals surface area contributed by atoms with Crippen molar-refractivity contribution in [3.8, 4) is 0 Å². The van der Waals surface area contributed by atoms with Crippen LogP contribution in [0.5, 0.6) is 0 Å². The number of allylic oxidation sites excluding steroid dienone is 3. The molecule has 0 aromatic heterocycles. The highest BCUT2D eigenvalue weighted by Gasteiger charge is 2.52. The van der Waals surface area contributed by atoms with Gasteiger partial charge in [0, 0.05) is 5.69 Å². The van der Waals surface area contributed by atoms with Crippen LogP contribution < -0.4 is 5.32 Å². The number of fused-ring (bicyclic) bond motifs is 1. The molecule has 2 saturated carbocycles. The smallest absolute Gasteiger partial charge is 0.411 e. The summed E-state index contributed by atoms with van der Waals surface area (Å²) >= 11 is 0. The molecule has 1 aromatic rings. The SMILES string of the molecule is C=C1CCC2C(C)(C)CCCC2(C)C1CC/C(C)=C\CCC(C)OC(=O)Nc1ccccc1. The lowest BCUT2D eigenvalue weighted by molar-refractivity contribution is -0.0539. The largest absolute Gasteiger partial charge is 0.446 e. The van der Waals surface area contributed by atoms with E-state index in [2.05, 4.69) is 45.7 Å². The van der Waals surface area contributed by atoms with Crippen molar-refractivity contribution >= 4 is 11.8 Å². The topological polar surface area (TPSA) is 38.3 Å². The second-order valence-corrected chi connectivity index (χ2v) is 11.5. The Morgan fingerprint density at radius 1 is 1.24 bits per heavy atom. The average molecular weight is 452 g/mol. The highest BCUT2D eigenvalue weighted by molar-refractivity contribution is 5.84. The van der Waals surface area contributed by atoms with Crippen molar-refractivity contribution in [2.45, 2.75) is 98.5 Å². The van der Waals surface area contributed by atoms with Crippen molar-refractivity contribution in [2.75, 3.05) is 5.32 Å². The minimum absolute atomic E-state index is 0.111. The van der Waals surface area contributed by atoms with E-state index in [0.29, 0.717) is 16.7 Å². The fraction of sp³-hybridized carbons (Fsp3) is 0.633. The van der Waals surface area contributed by atoms with E-state index < -0.39 is 0 Å². The highest BCUT2D eigenvalue weighted by atomic mass is 16.6. The van der Waals surface area contributed by atoms with Crippen LogP contribution in [0.2, 0.25) is 0 Å². The number of hydrogen-bond acceptors (Lipinski definition) is 2. The molecule has 0 heterocycles. The molecule has 0 spiro atoms. The van der Waals surface area contributed by atoms with Crippen molar-refractivity contribution in [1.29, 1.82) is 0 Å². The van der Waals surface area contributed by atoms with Gasteiger partial charge in [0.2, 0.25) is 0 Å². The van der Waals surface area contributed by atoms with Crippen LogP contribution in [0.3, 0.4) is 0 Å². The third kappa shape index (κ3) is 6.52. The molecule has 0 radical (unpaired) electrons. The fourth-order valence-corrected chi connectivity index (χ4v) is 6.76. The number of para-hydroxylation sites is 1. The van der Waals surface area contributed by atoms with Crippen LogP contribution in [0, 0.1) is 22.7 Å². The first-order valence-electron chi connectivity index (χ1n) is 13.0. The number of hydrogen-bond donors (Lipinski definition) is 1. The maximum Gasteiger partial charge on any atom is 0.411 e. The van der Waals surface area contributed by atoms with Crippen molar-refractivity contribution in [1.82, 2.24) is 0 Å². The van der Waals surface area contributed by atoms with Gasteiger partial charge >= 0.3 is 6.09 Å². The summed E-state index contributed by atoms with van der Waals surface area (Å²) < 4.78 is 5.51. The van der Waals surface area contributed by atoms with Crippen LogP contribution in [-0.4, -0.2) is 12.2 Å². The number of carbonyl (C=O) groups excluding carboxylic acids is 1. The van der Waals surface area contributed by atoms with E-state index in [-0.39, 0.29) is 12.2 Å².